The summed E-state index contributed by atoms with van der Waals surface area (Å²) in [5.41, 5.74) is -0.0235. The second-order valence-electron chi connectivity index (χ2n) is 4.70. The summed E-state index contributed by atoms with van der Waals surface area (Å²) in [6.07, 6.45) is 0.866. The predicted molar refractivity (Wildman–Crippen MR) is 55.6 cm³/mol. The van der Waals surface area contributed by atoms with Gasteiger partial charge < -0.3 is 5.11 Å². The lowest BCUT2D eigenvalue weighted by molar-refractivity contribution is 0.115. The van der Waals surface area contributed by atoms with Crippen molar-refractivity contribution in [2.24, 2.45) is 11.3 Å². The molecule has 1 aliphatic rings. The summed E-state index contributed by atoms with van der Waals surface area (Å²) >= 11 is 0. The molecule has 1 N–H and O–H groups in total. The smallest absolute Gasteiger partial charge is 0.0975 e. The molecule has 1 rings (SSSR count). The second-order valence-corrected chi connectivity index (χ2v) is 4.70. The highest BCUT2D eigenvalue weighted by molar-refractivity contribution is 4.99. The normalized spacial score (nSPS) is 35.5. The first-order chi connectivity index (χ1) is 6.57. The van der Waals surface area contributed by atoms with Gasteiger partial charge in [-0.05, 0) is 12.3 Å². The van der Waals surface area contributed by atoms with Crippen molar-refractivity contribution in [2.45, 2.75) is 33.2 Å². The molecule has 0 bridgehead atoms. The number of aliphatic hydroxyl groups is 1. The van der Waals surface area contributed by atoms with Crippen molar-refractivity contribution in [3.8, 4) is 6.07 Å². The van der Waals surface area contributed by atoms with E-state index in [1.54, 1.807) is 0 Å². The Balaban J connectivity index is 2.68. The monoisotopic (exact) mass is 196 g/mol. The van der Waals surface area contributed by atoms with Gasteiger partial charge >= 0.3 is 0 Å². The number of likely N-dealkylation sites (tertiary alicyclic amines) is 1. The Labute approximate surface area is 86.3 Å². The largest absolute Gasteiger partial charge is 0.396 e. The number of rotatable bonds is 3. The molecule has 3 heteroatoms. The summed E-state index contributed by atoms with van der Waals surface area (Å²) in [5, 5.41) is 18.3. The van der Waals surface area contributed by atoms with Crippen LogP contribution in [0, 0.1) is 22.7 Å². The average molecular weight is 196 g/mol. The highest BCUT2D eigenvalue weighted by Gasteiger charge is 2.41. The van der Waals surface area contributed by atoms with Crippen molar-refractivity contribution in [3.63, 3.8) is 0 Å². The van der Waals surface area contributed by atoms with Crippen LogP contribution in [0.5, 0.6) is 0 Å². The SMILES string of the molecule is CCC(C#N)N1CC(C)C(C)(CO)C1. The molecule has 3 atom stereocenters. The number of hydrogen-bond acceptors (Lipinski definition) is 3. The summed E-state index contributed by atoms with van der Waals surface area (Å²) in [5.74, 6) is 0.467. The summed E-state index contributed by atoms with van der Waals surface area (Å²) in [6.45, 7) is 8.28. The van der Waals surface area contributed by atoms with E-state index in [9.17, 15) is 5.11 Å². The Hall–Kier alpha value is -0.590. The first-order valence-electron chi connectivity index (χ1n) is 5.32. The summed E-state index contributed by atoms with van der Waals surface area (Å²) in [4.78, 5) is 2.20. The Kier molecular flexibility index (Phi) is 3.52. The molecule has 3 nitrogen and oxygen atoms in total. The molecule has 0 radical (unpaired) electrons. The maximum atomic E-state index is 9.33. The fourth-order valence-electron chi connectivity index (χ4n) is 2.13. The third-order valence-electron chi connectivity index (χ3n) is 3.60. The zero-order valence-corrected chi connectivity index (χ0v) is 9.32. The quantitative estimate of drug-likeness (QED) is 0.738. The minimum Gasteiger partial charge on any atom is -0.396 e. The molecule has 0 aromatic heterocycles. The molecule has 0 aliphatic carbocycles. The van der Waals surface area contributed by atoms with Gasteiger partial charge in [0.25, 0.3) is 0 Å². The number of aliphatic hydroxyl groups excluding tert-OH is 1. The van der Waals surface area contributed by atoms with Crippen molar-refractivity contribution in [2.75, 3.05) is 19.7 Å². The Morgan fingerprint density at radius 3 is 2.71 bits per heavy atom. The van der Waals surface area contributed by atoms with Gasteiger partial charge in [-0.25, -0.2) is 0 Å². The molecule has 0 saturated carbocycles. The fraction of sp³-hybridized carbons (Fsp3) is 0.909. The third kappa shape index (κ3) is 1.92. The van der Waals surface area contributed by atoms with Gasteiger partial charge in [0.2, 0.25) is 0 Å². The lowest BCUT2D eigenvalue weighted by Gasteiger charge is -2.26. The zero-order valence-electron chi connectivity index (χ0n) is 9.32. The Morgan fingerprint density at radius 2 is 2.36 bits per heavy atom. The van der Waals surface area contributed by atoms with Crippen LogP contribution in [0.4, 0.5) is 0 Å². The number of hydrogen-bond donors (Lipinski definition) is 1. The van der Waals surface area contributed by atoms with Gasteiger partial charge in [-0.3, -0.25) is 4.90 Å². The molecule has 3 unspecified atom stereocenters. The summed E-state index contributed by atoms with van der Waals surface area (Å²) in [7, 11) is 0. The van der Waals surface area contributed by atoms with E-state index in [1.165, 1.54) is 0 Å². The van der Waals surface area contributed by atoms with E-state index >= 15 is 0 Å². The maximum absolute atomic E-state index is 9.33. The summed E-state index contributed by atoms with van der Waals surface area (Å²) < 4.78 is 0. The molecule has 14 heavy (non-hydrogen) atoms. The van der Waals surface area contributed by atoms with Gasteiger partial charge in [0.1, 0.15) is 0 Å². The highest BCUT2D eigenvalue weighted by Crippen LogP contribution is 2.36. The maximum Gasteiger partial charge on any atom is 0.0975 e. The molecule has 80 valence electrons. The molecule has 1 fully saturated rings. The lowest BCUT2D eigenvalue weighted by Crippen LogP contribution is -2.34. The van der Waals surface area contributed by atoms with Gasteiger partial charge in [0.15, 0.2) is 0 Å². The van der Waals surface area contributed by atoms with Crippen LogP contribution in [0.3, 0.4) is 0 Å². The van der Waals surface area contributed by atoms with Crippen LogP contribution in [0.15, 0.2) is 0 Å². The van der Waals surface area contributed by atoms with Crippen molar-refractivity contribution in [3.05, 3.63) is 0 Å². The predicted octanol–water partition coefficient (Wildman–Crippen LogP) is 1.24. The first-order valence-corrected chi connectivity index (χ1v) is 5.32. The number of nitriles is 1. The van der Waals surface area contributed by atoms with Crippen LogP contribution in [-0.2, 0) is 0 Å². The minimum atomic E-state index is -0.0235. The van der Waals surface area contributed by atoms with Crippen molar-refractivity contribution >= 4 is 0 Å². The van der Waals surface area contributed by atoms with Crippen LogP contribution < -0.4 is 0 Å². The summed E-state index contributed by atoms with van der Waals surface area (Å²) in [6, 6.07) is 2.34. The molecule has 0 aromatic carbocycles. The third-order valence-corrected chi connectivity index (χ3v) is 3.60. The minimum absolute atomic E-state index is 0.0193. The molecule has 1 saturated heterocycles. The van der Waals surface area contributed by atoms with E-state index < -0.39 is 0 Å². The molecule has 1 aliphatic heterocycles. The van der Waals surface area contributed by atoms with Crippen LogP contribution in [0.2, 0.25) is 0 Å². The molecular formula is C11H20N2O. The Bertz CT molecular complexity index is 236. The topological polar surface area (TPSA) is 47.3 Å². The Morgan fingerprint density at radius 1 is 1.71 bits per heavy atom. The molecule has 0 aromatic rings. The van der Waals surface area contributed by atoms with Gasteiger partial charge in [0.05, 0.1) is 12.1 Å². The van der Waals surface area contributed by atoms with Crippen LogP contribution >= 0.6 is 0 Å². The first kappa shape index (κ1) is 11.5. The van der Waals surface area contributed by atoms with Gasteiger partial charge in [0, 0.05) is 25.1 Å². The van der Waals surface area contributed by atoms with Crippen LogP contribution in [0.1, 0.15) is 27.2 Å². The van der Waals surface area contributed by atoms with E-state index in [4.69, 9.17) is 5.26 Å². The second kappa shape index (κ2) is 4.29. The van der Waals surface area contributed by atoms with E-state index in [-0.39, 0.29) is 18.1 Å². The lowest BCUT2D eigenvalue weighted by atomic mass is 9.82. The molecule has 0 spiro atoms. The van der Waals surface area contributed by atoms with E-state index in [0.29, 0.717) is 5.92 Å². The fourth-order valence-corrected chi connectivity index (χ4v) is 2.13. The molecule has 0 amide bonds. The molecular weight excluding hydrogens is 176 g/mol. The van der Waals surface area contributed by atoms with Gasteiger partial charge in [-0.1, -0.05) is 20.8 Å². The van der Waals surface area contributed by atoms with Crippen molar-refractivity contribution in [1.82, 2.24) is 4.90 Å². The van der Waals surface area contributed by atoms with Crippen LogP contribution in [-0.4, -0.2) is 35.7 Å². The van der Waals surface area contributed by atoms with Gasteiger partial charge in [-0.15, -0.1) is 0 Å². The van der Waals surface area contributed by atoms with E-state index in [0.717, 1.165) is 19.5 Å². The van der Waals surface area contributed by atoms with E-state index in [1.807, 2.05) is 6.92 Å². The van der Waals surface area contributed by atoms with Crippen molar-refractivity contribution in [1.29, 1.82) is 5.26 Å². The highest BCUT2D eigenvalue weighted by atomic mass is 16.3. The van der Waals surface area contributed by atoms with Crippen LogP contribution in [0.25, 0.3) is 0 Å². The molecule has 1 heterocycles. The zero-order chi connectivity index (χ0) is 10.8. The van der Waals surface area contributed by atoms with E-state index in [2.05, 4.69) is 24.8 Å². The average Bonchev–Trinajstić information content (AvgIpc) is 2.46. The number of nitrogens with zero attached hydrogens (tertiary/aromatic N) is 2. The van der Waals surface area contributed by atoms with Crippen molar-refractivity contribution < 1.29 is 5.11 Å². The van der Waals surface area contributed by atoms with Gasteiger partial charge in [-0.2, -0.15) is 5.26 Å². The standard InChI is InChI=1S/C11H20N2O/c1-4-10(5-12)13-6-9(2)11(3,7-13)8-14/h9-10,14H,4,6-8H2,1-3H3.